The van der Waals surface area contributed by atoms with Crippen LogP contribution in [0.15, 0.2) is 0 Å². The summed E-state index contributed by atoms with van der Waals surface area (Å²) >= 11 is 0. The van der Waals surface area contributed by atoms with Crippen molar-refractivity contribution in [1.82, 2.24) is 15.0 Å². The van der Waals surface area contributed by atoms with E-state index in [0.29, 0.717) is 11.6 Å². The molecule has 1 aromatic heterocycles. The number of nitrogens with zero attached hydrogens (tertiary/aromatic N) is 3. The Morgan fingerprint density at radius 3 is 2.50 bits per heavy atom. The van der Waals surface area contributed by atoms with Crippen LogP contribution in [-0.4, -0.2) is 21.3 Å². The van der Waals surface area contributed by atoms with E-state index in [1.807, 2.05) is 11.6 Å². The molecule has 0 amide bonds. The minimum absolute atomic E-state index is 0.283. The van der Waals surface area contributed by atoms with E-state index in [9.17, 15) is 4.79 Å². The predicted octanol–water partition coefficient (Wildman–Crippen LogP) is 1.87. The third-order valence-electron chi connectivity index (χ3n) is 2.62. The van der Waals surface area contributed by atoms with E-state index in [4.69, 9.17) is 0 Å². The molecule has 0 aromatic carbocycles. The molecule has 0 radical (unpaired) electrons. The van der Waals surface area contributed by atoms with Crippen LogP contribution in [0.3, 0.4) is 0 Å². The normalized spacial score (nSPS) is 13.2. The third-order valence-corrected chi connectivity index (χ3v) is 2.62. The van der Waals surface area contributed by atoms with Gasteiger partial charge in [-0.25, -0.2) is 4.68 Å². The lowest BCUT2D eigenvalue weighted by Gasteiger charge is -2.17. The Bertz CT molecular complexity index is 317. The van der Waals surface area contributed by atoms with E-state index >= 15 is 0 Å². The van der Waals surface area contributed by atoms with Gasteiger partial charge in [0.25, 0.3) is 0 Å². The van der Waals surface area contributed by atoms with Crippen molar-refractivity contribution in [3.05, 3.63) is 11.4 Å². The Morgan fingerprint density at radius 1 is 1.43 bits per heavy atom. The van der Waals surface area contributed by atoms with Crippen molar-refractivity contribution in [3.63, 3.8) is 0 Å². The number of carbonyl (C=O) groups excluding carboxylic acids is 1. The van der Waals surface area contributed by atoms with Gasteiger partial charge in [0.1, 0.15) is 5.69 Å². The van der Waals surface area contributed by atoms with Gasteiger partial charge in [0.05, 0.1) is 11.7 Å². The van der Waals surface area contributed by atoms with Crippen molar-refractivity contribution in [2.75, 3.05) is 0 Å². The van der Waals surface area contributed by atoms with Gasteiger partial charge in [-0.2, -0.15) is 0 Å². The first-order valence-corrected chi connectivity index (χ1v) is 5.01. The standard InChI is InChI=1S/C10H17N3O/c1-5-10-9(6-14)11-12-13(10)8(4)7(2)3/h6-8H,5H2,1-4H3. The summed E-state index contributed by atoms with van der Waals surface area (Å²) < 4.78 is 1.86. The smallest absolute Gasteiger partial charge is 0.172 e. The molecule has 4 heteroatoms. The van der Waals surface area contributed by atoms with Gasteiger partial charge in [0.15, 0.2) is 6.29 Å². The molecule has 0 fully saturated rings. The van der Waals surface area contributed by atoms with Gasteiger partial charge in [0, 0.05) is 0 Å². The Kier molecular flexibility index (Phi) is 3.38. The average molecular weight is 195 g/mol. The number of rotatable bonds is 4. The van der Waals surface area contributed by atoms with Crippen LogP contribution >= 0.6 is 0 Å². The summed E-state index contributed by atoms with van der Waals surface area (Å²) in [7, 11) is 0. The van der Waals surface area contributed by atoms with Crippen LogP contribution in [-0.2, 0) is 6.42 Å². The van der Waals surface area contributed by atoms with Gasteiger partial charge in [0.2, 0.25) is 0 Å². The van der Waals surface area contributed by atoms with Crippen molar-refractivity contribution in [1.29, 1.82) is 0 Å². The summed E-state index contributed by atoms with van der Waals surface area (Å²) in [6, 6.07) is 0.283. The summed E-state index contributed by atoms with van der Waals surface area (Å²) in [5.74, 6) is 0.488. The minimum Gasteiger partial charge on any atom is -0.296 e. The van der Waals surface area contributed by atoms with Crippen LogP contribution in [0, 0.1) is 5.92 Å². The predicted molar refractivity (Wildman–Crippen MR) is 54.3 cm³/mol. The highest BCUT2D eigenvalue weighted by Gasteiger charge is 2.17. The topological polar surface area (TPSA) is 47.8 Å². The van der Waals surface area contributed by atoms with Crippen LogP contribution in [0.25, 0.3) is 0 Å². The van der Waals surface area contributed by atoms with Crippen molar-refractivity contribution < 1.29 is 4.79 Å². The van der Waals surface area contributed by atoms with E-state index in [-0.39, 0.29) is 6.04 Å². The Hall–Kier alpha value is -1.19. The number of aldehydes is 1. The number of hydrogen-bond donors (Lipinski definition) is 0. The number of carbonyl (C=O) groups is 1. The maximum atomic E-state index is 10.7. The molecule has 0 saturated heterocycles. The molecular formula is C10H17N3O. The van der Waals surface area contributed by atoms with Crippen LogP contribution in [0.4, 0.5) is 0 Å². The van der Waals surface area contributed by atoms with E-state index in [1.165, 1.54) is 0 Å². The zero-order valence-electron chi connectivity index (χ0n) is 9.19. The zero-order chi connectivity index (χ0) is 10.7. The highest BCUT2D eigenvalue weighted by Crippen LogP contribution is 2.18. The molecule has 1 heterocycles. The van der Waals surface area contributed by atoms with Gasteiger partial charge in [-0.15, -0.1) is 5.10 Å². The number of aromatic nitrogens is 3. The van der Waals surface area contributed by atoms with Crippen LogP contribution in [0.2, 0.25) is 0 Å². The Balaban J connectivity index is 3.08. The molecule has 0 aliphatic carbocycles. The molecule has 0 spiro atoms. The fourth-order valence-corrected chi connectivity index (χ4v) is 1.37. The molecule has 4 nitrogen and oxygen atoms in total. The minimum atomic E-state index is 0.283. The monoisotopic (exact) mass is 195 g/mol. The maximum absolute atomic E-state index is 10.7. The lowest BCUT2D eigenvalue weighted by atomic mass is 10.1. The summed E-state index contributed by atoms with van der Waals surface area (Å²) in [6.07, 6.45) is 1.56. The molecule has 78 valence electrons. The summed E-state index contributed by atoms with van der Waals surface area (Å²) in [4.78, 5) is 10.7. The van der Waals surface area contributed by atoms with Crippen LogP contribution in [0.1, 0.15) is 49.9 Å². The molecule has 1 atom stereocenters. The first kappa shape index (κ1) is 10.9. The fourth-order valence-electron chi connectivity index (χ4n) is 1.37. The zero-order valence-corrected chi connectivity index (χ0v) is 9.19. The summed E-state index contributed by atoms with van der Waals surface area (Å²) in [5.41, 5.74) is 1.40. The first-order valence-electron chi connectivity index (χ1n) is 5.01. The average Bonchev–Trinajstić information content (AvgIpc) is 2.58. The maximum Gasteiger partial charge on any atom is 0.172 e. The second-order valence-corrected chi connectivity index (χ2v) is 3.82. The molecule has 14 heavy (non-hydrogen) atoms. The van der Waals surface area contributed by atoms with E-state index < -0.39 is 0 Å². The highest BCUT2D eigenvalue weighted by atomic mass is 16.1. The van der Waals surface area contributed by atoms with Gasteiger partial charge in [-0.05, 0) is 19.3 Å². The second kappa shape index (κ2) is 4.35. The van der Waals surface area contributed by atoms with Crippen LogP contribution in [0.5, 0.6) is 0 Å². The molecule has 0 saturated carbocycles. The Morgan fingerprint density at radius 2 is 2.07 bits per heavy atom. The van der Waals surface area contributed by atoms with Gasteiger partial charge < -0.3 is 0 Å². The second-order valence-electron chi connectivity index (χ2n) is 3.82. The molecule has 0 N–H and O–H groups in total. The molecular weight excluding hydrogens is 178 g/mol. The number of hydrogen-bond acceptors (Lipinski definition) is 3. The SMILES string of the molecule is CCc1c(C=O)nnn1C(C)C(C)C. The van der Waals surface area contributed by atoms with Crippen LogP contribution < -0.4 is 0 Å². The molecule has 1 unspecified atom stereocenters. The van der Waals surface area contributed by atoms with E-state index in [2.05, 4.69) is 31.1 Å². The molecule has 0 aliphatic rings. The lowest BCUT2D eigenvalue weighted by Crippen LogP contribution is -2.15. The van der Waals surface area contributed by atoms with Crippen molar-refractivity contribution in [3.8, 4) is 0 Å². The van der Waals surface area contributed by atoms with Gasteiger partial charge in [-0.3, -0.25) is 4.79 Å². The molecule has 1 rings (SSSR count). The molecule has 0 aliphatic heterocycles. The summed E-state index contributed by atoms with van der Waals surface area (Å²) in [5, 5.41) is 7.87. The van der Waals surface area contributed by atoms with Crippen molar-refractivity contribution in [2.45, 2.75) is 40.2 Å². The van der Waals surface area contributed by atoms with Gasteiger partial charge >= 0.3 is 0 Å². The quantitative estimate of drug-likeness (QED) is 0.689. The van der Waals surface area contributed by atoms with Gasteiger partial charge in [-0.1, -0.05) is 26.0 Å². The lowest BCUT2D eigenvalue weighted by molar-refractivity contribution is 0.111. The van der Waals surface area contributed by atoms with E-state index in [0.717, 1.165) is 18.4 Å². The molecule has 1 aromatic rings. The van der Waals surface area contributed by atoms with Crippen molar-refractivity contribution >= 4 is 6.29 Å². The highest BCUT2D eigenvalue weighted by molar-refractivity contribution is 5.73. The fraction of sp³-hybridized carbons (Fsp3) is 0.700. The third kappa shape index (κ3) is 1.84. The molecule has 0 bridgehead atoms. The Labute approximate surface area is 84.3 Å². The van der Waals surface area contributed by atoms with E-state index in [1.54, 1.807) is 0 Å². The summed E-state index contributed by atoms with van der Waals surface area (Å²) in [6.45, 7) is 8.36. The van der Waals surface area contributed by atoms with Crippen molar-refractivity contribution in [2.24, 2.45) is 5.92 Å². The largest absolute Gasteiger partial charge is 0.296 e. The first-order chi connectivity index (χ1) is 6.61.